The fraction of sp³-hybridized carbons (Fsp3) is 0.125. The van der Waals surface area contributed by atoms with Gasteiger partial charge in [0.2, 0.25) is 5.95 Å². The first-order chi connectivity index (χ1) is 10.3. The number of nitrogens with zero attached hydrogens (tertiary/aromatic N) is 1. The number of aromatic amines is 1. The third-order valence-corrected chi connectivity index (χ3v) is 3.05. The highest BCUT2D eigenvalue weighted by Crippen LogP contribution is 2.20. The molecule has 0 aliphatic carbocycles. The van der Waals surface area contributed by atoms with Gasteiger partial charge in [-0.2, -0.15) is 0 Å². The first-order valence-corrected chi connectivity index (χ1v) is 6.76. The number of hydrogen-bond donors (Lipinski definition) is 2. The molecule has 5 heteroatoms. The standard InChI is InChI=1S/C16H15N3O2/c1-2-21-14-10-6-3-7-11(14)15(20)19-16-17-12-8-4-5-9-13(12)18-16/h3-10H,2H2,1H3,(H2,17,18,19,20). The monoisotopic (exact) mass is 281 g/mol. The lowest BCUT2D eigenvalue weighted by molar-refractivity contribution is 0.102. The maximum absolute atomic E-state index is 12.3. The number of rotatable bonds is 4. The van der Waals surface area contributed by atoms with Gasteiger partial charge < -0.3 is 9.72 Å². The Hall–Kier alpha value is -2.82. The van der Waals surface area contributed by atoms with E-state index in [4.69, 9.17) is 4.74 Å². The Bertz CT molecular complexity index is 747. The van der Waals surface area contributed by atoms with E-state index in [0.717, 1.165) is 11.0 Å². The van der Waals surface area contributed by atoms with Crippen LogP contribution in [-0.4, -0.2) is 22.5 Å². The molecule has 1 aromatic heterocycles. The molecule has 1 heterocycles. The first-order valence-electron chi connectivity index (χ1n) is 6.76. The van der Waals surface area contributed by atoms with E-state index in [0.29, 0.717) is 23.9 Å². The van der Waals surface area contributed by atoms with Crippen LogP contribution in [0.1, 0.15) is 17.3 Å². The molecule has 0 fully saturated rings. The Balaban J connectivity index is 1.86. The van der Waals surface area contributed by atoms with Crippen molar-refractivity contribution in [1.29, 1.82) is 0 Å². The van der Waals surface area contributed by atoms with Crippen LogP contribution in [0, 0.1) is 0 Å². The number of anilines is 1. The lowest BCUT2D eigenvalue weighted by Crippen LogP contribution is -2.14. The number of fused-ring (bicyclic) bond motifs is 1. The zero-order valence-electron chi connectivity index (χ0n) is 11.6. The highest BCUT2D eigenvalue weighted by Gasteiger charge is 2.13. The molecule has 3 aromatic rings. The summed E-state index contributed by atoms with van der Waals surface area (Å²) in [4.78, 5) is 19.7. The molecule has 0 atom stereocenters. The second kappa shape index (κ2) is 5.66. The van der Waals surface area contributed by atoms with E-state index in [1.807, 2.05) is 37.3 Å². The summed E-state index contributed by atoms with van der Waals surface area (Å²) in [6.07, 6.45) is 0. The molecule has 5 nitrogen and oxygen atoms in total. The van der Waals surface area contributed by atoms with Crippen LogP contribution in [0.3, 0.4) is 0 Å². The minimum Gasteiger partial charge on any atom is -0.493 e. The second-order valence-corrected chi connectivity index (χ2v) is 4.49. The Morgan fingerprint density at radius 3 is 2.76 bits per heavy atom. The molecule has 1 amide bonds. The van der Waals surface area contributed by atoms with Crippen molar-refractivity contribution >= 4 is 22.9 Å². The fourth-order valence-corrected chi connectivity index (χ4v) is 2.12. The molecule has 0 radical (unpaired) electrons. The summed E-state index contributed by atoms with van der Waals surface area (Å²) in [6, 6.07) is 14.7. The molecule has 0 aliphatic rings. The highest BCUT2D eigenvalue weighted by molar-refractivity contribution is 6.05. The van der Waals surface area contributed by atoms with Crippen LogP contribution in [0.15, 0.2) is 48.5 Å². The minimum absolute atomic E-state index is 0.252. The van der Waals surface area contributed by atoms with Gasteiger partial charge in [0.05, 0.1) is 23.2 Å². The van der Waals surface area contributed by atoms with Gasteiger partial charge in [0.15, 0.2) is 0 Å². The highest BCUT2D eigenvalue weighted by atomic mass is 16.5. The Labute approximate surface area is 122 Å². The zero-order valence-corrected chi connectivity index (χ0v) is 11.6. The largest absolute Gasteiger partial charge is 0.493 e. The molecule has 0 bridgehead atoms. The van der Waals surface area contributed by atoms with Gasteiger partial charge in [0.1, 0.15) is 5.75 Å². The molecule has 0 aliphatic heterocycles. The lowest BCUT2D eigenvalue weighted by Gasteiger charge is -2.08. The van der Waals surface area contributed by atoms with Gasteiger partial charge in [-0.3, -0.25) is 10.1 Å². The average Bonchev–Trinajstić information content (AvgIpc) is 2.90. The van der Waals surface area contributed by atoms with Crippen LogP contribution < -0.4 is 10.1 Å². The van der Waals surface area contributed by atoms with Gasteiger partial charge in [-0.15, -0.1) is 0 Å². The fourth-order valence-electron chi connectivity index (χ4n) is 2.12. The van der Waals surface area contributed by atoms with Gasteiger partial charge in [0.25, 0.3) is 5.91 Å². The average molecular weight is 281 g/mol. The summed E-state index contributed by atoms with van der Waals surface area (Å²) < 4.78 is 5.46. The lowest BCUT2D eigenvalue weighted by atomic mass is 10.2. The Morgan fingerprint density at radius 2 is 1.95 bits per heavy atom. The zero-order chi connectivity index (χ0) is 14.7. The number of nitrogens with one attached hydrogen (secondary N) is 2. The van der Waals surface area contributed by atoms with Gasteiger partial charge in [-0.25, -0.2) is 4.98 Å². The van der Waals surface area contributed by atoms with Crippen molar-refractivity contribution in [3.8, 4) is 5.75 Å². The van der Waals surface area contributed by atoms with Gasteiger partial charge in [-0.1, -0.05) is 24.3 Å². The van der Waals surface area contributed by atoms with E-state index >= 15 is 0 Å². The van der Waals surface area contributed by atoms with Crippen molar-refractivity contribution in [2.24, 2.45) is 0 Å². The summed E-state index contributed by atoms with van der Waals surface area (Å²) in [5, 5.41) is 2.76. The van der Waals surface area contributed by atoms with Crippen LogP contribution >= 0.6 is 0 Å². The topological polar surface area (TPSA) is 67.0 Å². The molecule has 0 saturated heterocycles. The van der Waals surface area contributed by atoms with Crippen molar-refractivity contribution in [2.75, 3.05) is 11.9 Å². The van der Waals surface area contributed by atoms with Crippen molar-refractivity contribution in [2.45, 2.75) is 6.92 Å². The first kappa shape index (κ1) is 13.2. The maximum atomic E-state index is 12.3. The summed E-state index contributed by atoms with van der Waals surface area (Å²) in [7, 11) is 0. The van der Waals surface area contributed by atoms with Gasteiger partial charge in [0, 0.05) is 0 Å². The van der Waals surface area contributed by atoms with E-state index in [1.54, 1.807) is 18.2 Å². The second-order valence-electron chi connectivity index (χ2n) is 4.49. The summed E-state index contributed by atoms with van der Waals surface area (Å²) in [5.74, 6) is 0.735. The van der Waals surface area contributed by atoms with E-state index in [9.17, 15) is 4.79 Å². The Kier molecular flexibility index (Phi) is 3.55. The molecular weight excluding hydrogens is 266 g/mol. The molecule has 2 N–H and O–H groups in total. The number of carbonyl (C=O) groups is 1. The van der Waals surface area contributed by atoms with Crippen LogP contribution in [-0.2, 0) is 0 Å². The predicted molar refractivity (Wildman–Crippen MR) is 81.7 cm³/mol. The van der Waals surface area contributed by atoms with Crippen LogP contribution in [0.2, 0.25) is 0 Å². The molecule has 2 aromatic carbocycles. The number of aromatic nitrogens is 2. The number of hydrogen-bond acceptors (Lipinski definition) is 3. The van der Waals surface area contributed by atoms with Gasteiger partial charge in [-0.05, 0) is 31.2 Å². The SMILES string of the molecule is CCOc1ccccc1C(=O)Nc1nc2ccccc2[nH]1. The maximum Gasteiger partial charge on any atom is 0.261 e. The van der Waals surface area contributed by atoms with Gasteiger partial charge >= 0.3 is 0 Å². The normalized spacial score (nSPS) is 10.5. The van der Waals surface area contributed by atoms with Crippen LogP contribution in [0.5, 0.6) is 5.75 Å². The van der Waals surface area contributed by atoms with Crippen molar-refractivity contribution in [3.63, 3.8) is 0 Å². The number of imidazole rings is 1. The van der Waals surface area contributed by atoms with Crippen molar-refractivity contribution < 1.29 is 9.53 Å². The molecule has 106 valence electrons. The van der Waals surface area contributed by atoms with E-state index in [2.05, 4.69) is 15.3 Å². The molecule has 0 saturated carbocycles. The molecule has 3 rings (SSSR count). The van der Waals surface area contributed by atoms with Crippen molar-refractivity contribution in [1.82, 2.24) is 9.97 Å². The molecule has 21 heavy (non-hydrogen) atoms. The molecule has 0 unspecified atom stereocenters. The van der Waals surface area contributed by atoms with Crippen molar-refractivity contribution in [3.05, 3.63) is 54.1 Å². The third-order valence-electron chi connectivity index (χ3n) is 3.05. The summed E-state index contributed by atoms with van der Waals surface area (Å²) in [6.45, 7) is 2.39. The van der Waals surface area contributed by atoms with Crippen LogP contribution in [0.25, 0.3) is 11.0 Å². The number of para-hydroxylation sites is 3. The smallest absolute Gasteiger partial charge is 0.261 e. The number of carbonyl (C=O) groups excluding carboxylic acids is 1. The predicted octanol–water partition coefficient (Wildman–Crippen LogP) is 3.21. The number of amides is 1. The van der Waals surface area contributed by atoms with E-state index < -0.39 is 0 Å². The van der Waals surface area contributed by atoms with Crippen LogP contribution in [0.4, 0.5) is 5.95 Å². The van der Waals surface area contributed by atoms with E-state index in [1.165, 1.54) is 0 Å². The minimum atomic E-state index is -0.252. The number of H-pyrrole nitrogens is 1. The summed E-state index contributed by atoms with van der Waals surface area (Å²) >= 11 is 0. The number of ether oxygens (including phenoxy) is 1. The quantitative estimate of drug-likeness (QED) is 0.771. The third kappa shape index (κ3) is 2.72. The van der Waals surface area contributed by atoms with E-state index in [-0.39, 0.29) is 5.91 Å². The molecule has 0 spiro atoms. The molecular formula is C16H15N3O2. The Morgan fingerprint density at radius 1 is 1.19 bits per heavy atom. The number of benzene rings is 2. The summed E-state index contributed by atoms with van der Waals surface area (Å²) in [5.41, 5.74) is 2.18.